The van der Waals surface area contributed by atoms with Gasteiger partial charge in [0.1, 0.15) is 0 Å². The first-order chi connectivity index (χ1) is 8.35. The first-order valence-electron chi connectivity index (χ1n) is 6.01. The lowest BCUT2D eigenvalue weighted by Gasteiger charge is -2.26. The van der Waals surface area contributed by atoms with Crippen molar-refractivity contribution in [2.75, 3.05) is 25.5 Å². The van der Waals surface area contributed by atoms with Crippen LogP contribution >= 0.6 is 0 Å². The van der Waals surface area contributed by atoms with Gasteiger partial charge < -0.3 is 15.3 Å². The van der Waals surface area contributed by atoms with E-state index in [1.807, 2.05) is 6.92 Å². The lowest BCUT2D eigenvalue weighted by Crippen LogP contribution is -2.40. The first-order valence-corrected chi connectivity index (χ1v) is 6.01. The molecule has 0 fully saturated rings. The Hall–Kier alpha value is -1.62. The molecule has 5 nitrogen and oxygen atoms in total. The number of nitrogens with zero attached hydrogens (tertiary/aromatic N) is 2. The Balaban J connectivity index is 2.89. The summed E-state index contributed by atoms with van der Waals surface area (Å²) in [6, 6.07) is 1.77. The monoisotopic (exact) mass is 251 g/mol. The lowest BCUT2D eigenvalue weighted by molar-refractivity contribution is 0.0368. The molecular formula is C13H21N3O2. The number of hydrogen-bond donors (Lipinski definition) is 2. The quantitative estimate of drug-likeness (QED) is 0.829. The summed E-state index contributed by atoms with van der Waals surface area (Å²) in [6.07, 6.45) is 3.19. The van der Waals surface area contributed by atoms with Gasteiger partial charge in [0.25, 0.3) is 5.91 Å². The van der Waals surface area contributed by atoms with E-state index < -0.39 is 5.60 Å². The van der Waals surface area contributed by atoms with E-state index in [1.165, 1.54) is 4.90 Å². The van der Waals surface area contributed by atoms with E-state index in [0.29, 0.717) is 5.56 Å². The van der Waals surface area contributed by atoms with Crippen molar-refractivity contribution in [3.63, 3.8) is 0 Å². The van der Waals surface area contributed by atoms with Crippen LogP contribution in [0.2, 0.25) is 0 Å². The van der Waals surface area contributed by atoms with Gasteiger partial charge in [0.05, 0.1) is 16.9 Å². The number of rotatable bonds is 5. The van der Waals surface area contributed by atoms with Gasteiger partial charge in [0.15, 0.2) is 0 Å². The fourth-order valence-electron chi connectivity index (χ4n) is 1.77. The number of aliphatic hydroxyl groups is 1. The van der Waals surface area contributed by atoms with Crippen LogP contribution in [0.5, 0.6) is 0 Å². The summed E-state index contributed by atoms with van der Waals surface area (Å²) in [4.78, 5) is 17.7. The van der Waals surface area contributed by atoms with Crippen LogP contribution in [0.3, 0.4) is 0 Å². The molecule has 18 heavy (non-hydrogen) atoms. The summed E-state index contributed by atoms with van der Waals surface area (Å²) in [5, 5.41) is 12.9. The topological polar surface area (TPSA) is 65.5 Å². The number of carbonyl (C=O) groups is 1. The third-order valence-corrected chi connectivity index (χ3v) is 2.39. The molecule has 0 spiro atoms. The van der Waals surface area contributed by atoms with Crippen LogP contribution in [0, 0.1) is 0 Å². The van der Waals surface area contributed by atoms with E-state index in [2.05, 4.69) is 10.3 Å². The Morgan fingerprint density at radius 2 is 2.22 bits per heavy atom. The van der Waals surface area contributed by atoms with Crippen LogP contribution in [0.4, 0.5) is 5.69 Å². The van der Waals surface area contributed by atoms with Gasteiger partial charge >= 0.3 is 0 Å². The largest absolute Gasteiger partial charge is 0.389 e. The predicted octanol–water partition coefficient (Wildman–Crippen LogP) is 1.36. The second-order valence-electron chi connectivity index (χ2n) is 4.93. The zero-order valence-corrected chi connectivity index (χ0v) is 11.4. The predicted molar refractivity (Wildman–Crippen MR) is 71.7 cm³/mol. The van der Waals surface area contributed by atoms with Crippen molar-refractivity contribution in [3.8, 4) is 0 Å². The molecule has 0 aliphatic rings. The number of hydrogen-bond acceptors (Lipinski definition) is 4. The van der Waals surface area contributed by atoms with E-state index in [-0.39, 0.29) is 12.5 Å². The summed E-state index contributed by atoms with van der Waals surface area (Å²) in [5.41, 5.74) is 0.372. The summed E-state index contributed by atoms with van der Waals surface area (Å²) in [6.45, 7) is 6.32. The molecule has 5 heteroatoms. The van der Waals surface area contributed by atoms with E-state index in [4.69, 9.17) is 0 Å². The third-order valence-electron chi connectivity index (χ3n) is 2.39. The maximum absolute atomic E-state index is 12.3. The van der Waals surface area contributed by atoms with Crippen LogP contribution in [0.15, 0.2) is 18.5 Å². The summed E-state index contributed by atoms with van der Waals surface area (Å²) in [5.74, 6) is -0.152. The standard InChI is InChI=1S/C13H21N3O2/c1-5-15-11-6-7-14-8-10(11)12(17)16(4)9-13(2,3)18/h6-8,18H,5,9H2,1-4H3,(H,14,15). The Morgan fingerprint density at radius 1 is 1.56 bits per heavy atom. The van der Waals surface area contributed by atoms with Crippen LogP contribution < -0.4 is 5.32 Å². The number of anilines is 1. The molecule has 0 aliphatic carbocycles. The van der Waals surface area contributed by atoms with Gasteiger partial charge in [-0.15, -0.1) is 0 Å². The zero-order valence-electron chi connectivity index (χ0n) is 11.4. The van der Waals surface area contributed by atoms with Gasteiger partial charge in [-0.25, -0.2) is 0 Å². The molecule has 1 aromatic heterocycles. The van der Waals surface area contributed by atoms with Crippen LogP contribution in [0.25, 0.3) is 0 Å². The highest BCUT2D eigenvalue weighted by Crippen LogP contribution is 2.16. The van der Waals surface area contributed by atoms with Gasteiger partial charge in [-0.2, -0.15) is 0 Å². The first kappa shape index (κ1) is 14.4. The smallest absolute Gasteiger partial charge is 0.257 e. The van der Waals surface area contributed by atoms with Crippen LogP contribution in [0.1, 0.15) is 31.1 Å². The Morgan fingerprint density at radius 3 is 2.78 bits per heavy atom. The maximum Gasteiger partial charge on any atom is 0.257 e. The van der Waals surface area contributed by atoms with Crippen molar-refractivity contribution >= 4 is 11.6 Å². The maximum atomic E-state index is 12.3. The second-order valence-corrected chi connectivity index (χ2v) is 4.93. The van der Waals surface area contributed by atoms with Crippen molar-refractivity contribution in [1.29, 1.82) is 0 Å². The second kappa shape index (κ2) is 5.82. The van der Waals surface area contributed by atoms with E-state index in [9.17, 15) is 9.90 Å². The van der Waals surface area contributed by atoms with E-state index in [0.717, 1.165) is 12.2 Å². The van der Waals surface area contributed by atoms with Crippen molar-refractivity contribution in [2.24, 2.45) is 0 Å². The van der Waals surface area contributed by atoms with Crippen LogP contribution in [-0.4, -0.2) is 46.6 Å². The molecule has 0 bridgehead atoms. The molecule has 0 saturated heterocycles. The SMILES string of the molecule is CCNc1ccncc1C(=O)N(C)CC(C)(C)O. The molecule has 0 aliphatic heterocycles. The van der Waals surface area contributed by atoms with Crippen molar-refractivity contribution < 1.29 is 9.90 Å². The number of likely N-dealkylation sites (N-methyl/N-ethyl adjacent to an activating group) is 1. The Kier molecular flexibility index (Phi) is 4.67. The Bertz CT molecular complexity index is 413. The number of nitrogens with one attached hydrogen (secondary N) is 1. The van der Waals surface area contributed by atoms with Gasteiger partial charge in [-0.3, -0.25) is 9.78 Å². The normalized spacial score (nSPS) is 11.2. The highest BCUT2D eigenvalue weighted by atomic mass is 16.3. The molecule has 0 atom stereocenters. The fourth-order valence-corrected chi connectivity index (χ4v) is 1.77. The highest BCUT2D eigenvalue weighted by Gasteiger charge is 2.22. The van der Waals surface area contributed by atoms with Gasteiger partial charge in [-0.1, -0.05) is 0 Å². The van der Waals surface area contributed by atoms with Crippen LogP contribution in [-0.2, 0) is 0 Å². The van der Waals surface area contributed by atoms with Gasteiger partial charge in [-0.05, 0) is 26.8 Å². The molecule has 1 aromatic rings. The highest BCUT2D eigenvalue weighted by molar-refractivity contribution is 5.99. The molecule has 0 unspecified atom stereocenters. The fraction of sp³-hybridized carbons (Fsp3) is 0.538. The number of amides is 1. The molecule has 1 heterocycles. The van der Waals surface area contributed by atoms with E-state index in [1.54, 1.807) is 39.4 Å². The van der Waals surface area contributed by atoms with E-state index >= 15 is 0 Å². The summed E-state index contributed by atoms with van der Waals surface area (Å²) < 4.78 is 0. The van der Waals surface area contributed by atoms with Crippen molar-refractivity contribution in [3.05, 3.63) is 24.0 Å². The molecular weight excluding hydrogens is 230 g/mol. The molecule has 0 aromatic carbocycles. The van der Waals surface area contributed by atoms with Gasteiger partial charge in [0, 0.05) is 32.5 Å². The minimum absolute atomic E-state index is 0.152. The summed E-state index contributed by atoms with van der Waals surface area (Å²) in [7, 11) is 1.67. The molecule has 2 N–H and O–H groups in total. The number of carbonyl (C=O) groups excluding carboxylic acids is 1. The minimum Gasteiger partial charge on any atom is -0.389 e. The summed E-state index contributed by atoms with van der Waals surface area (Å²) >= 11 is 0. The molecule has 100 valence electrons. The lowest BCUT2D eigenvalue weighted by atomic mass is 10.1. The number of pyridine rings is 1. The molecule has 1 amide bonds. The average molecular weight is 251 g/mol. The number of aromatic nitrogens is 1. The van der Waals surface area contributed by atoms with Crippen molar-refractivity contribution in [2.45, 2.75) is 26.4 Å². The molecule has 1 rings (SSSR count). The van der Waals surface area contributed by atoms with Gasteiger partial charge in [0.2, 0.25) is 0 Å². The Labute approximate surface area is 108 Å². The molecule has 0 saturated carbocycles. The van der Waals surface area contributed by atoms with Crippen molar-refractivity contribution in [1.82, 2.24) is 9.88 Å². The average Bonchev–Trinajstić information content (AvgIpc) is 2.27. The minimum atomic E-state index is -0.912. The third kappa shape index (κ3) is 4.00. The zero-order chi connectivity index (χ0) is 13.8. The molecule has 0 radical (unpaired) electrons.